The first-order chi connectivity index (χ1) is 12.5. The van der Waals surface area contributed by atoms with Crippen LogP contribution < -0.4 is 4.74 Å². The van der Waals surface area contributed by atoms with Gasteiger partial charge in [0.25, 0.3) is 11.6 Å². The molecule has 0 saturated heterocycles. The predicted molar refractivity (Wildman–Crippen MR) is 99.0 cm³/mol. The van der Waals surface area contributed by atoms with Crippen LogP contribution in [0.4, 0.5) is 5.69 Å². The third-order valence-corrected chi connectivity index (χ3v) is 3.80. The third kappa shape index (κ3) is 6.18. The Morgan fingerprint density at radius 2 is 1.69 bits per heavy atom. The largest absolute Gasteiger partial charge is 0.484 e. The lowest BCUT2D eigenvalue weighted by Crippen LogP contribution is -2.38. The maximum absolute atomic E-state index is 12.6. The Balaban J connectivity index is 1.97. The van der Waals surface area contributed by atoms with Crippen molar-refractivity contribution in [1.82, 2.24) is 9.80 Å². The predicted octanol–water partition coefficient (Wildman–Crippen LogP) is 2.56. The second kappa shape index (κ2) is 9.53. The second-order valence-electron chi connectivity index (χ2n) is 6.14. The minimum absolute atomic E-state index is 0.0136. The summed E-state index contributed by atoms with van der Waals surface area (Å²) < 4.78 is 5.50. The van der Waals surface area contributed by atoms with Crippen LogP contribution in [0.1, 0.15) is 5.56 Å². The summed E-state index contributed by atoms with van der Waals surface area (Å²) >= 11 is 0. The van der Waals surface area contributed by atoms with Gasteiger partial charge in [0, 0.05) is 31.8 Å². The lowest BCUT2D eigenvalue weighted by atomic mass is 10.2. The lowest BCUT2D eigenvalue weighted by Gasteiger charge is -2.24. The second-order valence-corrected chi connectivity index (χ2v) is 6.14. The average Bonchev–Trinajstić information content (AvgIpc) is 2.64. The molecule has 0 spiro atoms. The number of nitro groups is 1. The highest BCUT2D eigenvalue weighted by atomic mass is 16.6. The highest BCUT2D eigenvalue weighted by molar-refractivity contribution is 5.77. The zero-order valence-corrected chi connectivity index (χ0v) is 15.0. The van der Waals surface area contributed by atoms with E-state index in [1.54, 1.807) is 4.90 Å². The molecule has 26 heavy (non-hydrogen) atoms. The van der Waals surface area contributed by atoms with E-state index in [1.165, 1.54) is 24.3 Å². The van der Waals surface area contributed by atoms with Crippen LogP contribution in [0, 0.1) is 10.1 Å². The maximum atomic E-state index is 12.6. The molecule has 0 fully saturated rings. The van der Waals surface area contributed by atoms with Crippen LogP contribution in [-0.4, -0.2) is 54.4 Å². The number of hydrogen-bond donors (Lipinski definition) is 0. The lowest BCUT2D eigenvalue weighted by molar-refractivity contribution is -0.384. The van der Waals surface area contributed by atoms with Crippen LogP contribution in [-0.2, 0) is 11.3 Å². The van der Waals surface area contributed by atoms with Crippen molar-refractivity contribution in [3.63, 3.8) is 0 Å². The van der Waals surface area contributed by atoms with Gasteiger partial charge in [-0.05, 0) is 31.8 Å². The number of carbonyl (C=O) groups is 1. The van der Waals surface area contributed by atoms with Gasteiger partial charge >= 0.3 is 0 Å². The fourth-order valence-electron chi connectivity index (χ4n) is 2.32. The van der Waals surface area contributed by atoms with Gasteiger partial charge in [-0.1, -0.05) is 30.3 Å². The van der Waals surface area contributed by atoms with Gasteiger partial charge in [-0.3, -0.25) is 14.9 Å². The number of likely N-dealkylation sites (N-methyl/N-ethyl adjacent to an activating group) is 1. The summed E-state index contributed by atoms with van der Waals surface area (Å²) in [6.07, 6.45) is 0. The van der Waals surface area contributed by atoms with Crippen molar-refractivity contribution in [3.8, 4) is 5.75 Å². The molecule has 0 bridgehead atoms. The molecule has 0 aliphatic carbocycles. The Hall–Kier alpha value is -2.93. The molecule has 2 aromatic carbocycles. The topological polar surface area (TPSA) is 75.9 Å². The summed E-state index contributed by atoms with van der Waals surface area (Å²) in [6.45, 7) is 1.73. The minimum atomic E-state index is -0.474. The number of non-ortho nitro benzene ring substituents is 1. The highest BCUT2D eigenvalue weighted by Crippen LogP contribution is 2.17. The van der Waals surface area contributed by atoms with Crippen molar-refractivity contribution in [3.05, 3.63) is 70.3 Å². The number of carbonyl (C=O) groups excluding carboxylic acids is 1. The smallest absolute Gasteiger partial charge is 0.269 e. The van der Waals surface area contributed by atoms with Gasteiger partial charge in [0.2, 0.25) is 0 Å². The van der Waals surface area contributed by atoms with Gasteiger partial charge in [0.15, 0.2) is 6.61 Å². The molecule has 7 heteroatoms. The Morgan fingerprint density at radius 3 is 2.27 bits per heavy atom. The number of rotatable bonds is 9. The van der Waals surface area contributed by atoms with E-state index in [-0.39, 0.29) is 18.2 Å². The van der Waals surface area contributed by atoms with Crippen LogP contribution in [0.5, 0.6) is 5.75 Å². The normalized spacial score (nSPS) is 10.6. The molecule has 138 valence electrons. The summed E-state index contributed by atoms with van der Waals surface area (Å²) in [6, 6.07) is 15.5. The molecular weight excluding hydrogens is 334 g/mol. The zero-order valence-electron chi connectivity index (χ0n) is 15.0. The molecular formula is C19H23N3O4. The summed E-state index contributed by atoms with van der Waals surface area (Å²) in [5, 5.41) is 10.7. The third-order valence-electron chi connectivity index (χ3n) is 3.80. The average molecular weight is 357 g/mol. The molecule has 0 unspecified atom stereocenters. The molecule has 0 radical (unpaired) electrons. The molecule has 0 heterocycles. The van der Waals surface area contributed by atoms with Crippen molar-refractivity contribution >= 4 is 11.6 Å². The Kier molecular flexibility index (Phi) is 7.11. The van der Waals surface area contributed by atoms with E-state index in [1.807, 2.05) is 49.3 Å². The van der Waals surface area contributed by atoms with Gasteiger partial charge in [-0.25, -0.2) is 0 Å². The SMILES string of the molecule is CN(C)CCN(Cc1ccccc1)C(=O)COc1ccc([N+](=O)[O-])cc1. The summed E-state index contributed by atoms with van der Waals surface area (Å²) in [5.41, 5.74) is 1.04. The molecule has 0 aromatic heterocycles. The number of ether oxygens (including phenoxy) is 1. The van der Waals surface area contributed by atoms with Crippen molar-refractivity contribution < 1.29 is 14.5 Å². The van der Waals surface area contributed by atoms with E-state index >= 15 is 0 Å². The minimum Gasteiger partial charge on any atom is -0.484 e. The van der Waals surface area contributed by atoms with Gasteiger partial charge in [0.1, 0.15) is 5.75 Å². The molecule has 0 aliphatic rings. The zero-order chi connectivity index (χ0) is 18.9. The summed E-state index contributed by atoms with van der Waals surface area (Å²) in [4.78, 5) is 26.5. The van der Waals surface area contributed by atoms with E-state index in [0.29, 0.717) is 18.8 Å². The van der Waals surface area contributed by atoms with E-state index < -0.39 is 4.92 Å². The van der Waals surface area contributed by atoms with Crippen LogP contribution in [0.2, 0.25) is 0 Å². The highest BCUT2D eigenvalue weighted by Gasteiger charge is 2.15. The van der Waals surface area contributed by atoms with Gasteiger partial charge in [0.05, 0.1) is 4.92 Å². The van der Waals surface area contributed by atoms with Crippen LogP contribution >= 0.6 is 0 Å². The monoisotopic (exact) mass is 357 g/mol. The van der Waals surface area contributed by atoms with Gasteiger partial charge in [-0.15, -0.1) is 0 Å². The number of amides is 1. The number of nitrogens with zero attached hydrogens (tertiary/aromatic N) is 3. The fourth-order valence-corrected chi connectivity index (χ4v) is 2.32. The van der Waals surface area contributed by atoms with Crippen molar-refractivity contribution in [2.45, 2.75) is 6.54 Å². The molecule has 0 aliphatic heterocycles. The van der Waals surface area contributed by atoms with Crippen molar-refractivity contribution in [1.29, 1.82) is 0 Å². The van der Waals surface area contributed by atoms with E-state index in [0.717, 1.165) is 12.1 Å². The molecule has 0 saturated carbocycles. The number of hydrogen-bond acceptors (Lipinski definition) is 5. The summed E-state index contributed by atoms with van der Waals surface area (Å²) in [7, 11) is 3.91. The molecule has 2 rings (SSSR count). The first-order valence-corrected chi connectivity index (χ1v) is 8.29. The van der Waals surface area contributed by atoms with E-state index in [4.69, 9.17) is 4.74 Å². The van der Waals surface area contributed by atoms with Crippen LogP contribution in [0.25, 0.3) is 0 Å². The number of benzene rings is 2. The molecule has 0 atom stereocenters. The van der Waals surface area contributed by atoms with E-state index in [2.05, 4.69) is 0 Å². The maximum Gasteiger partial charge on any atom is 0.269 e. The standard InChI is InChI=1S/C19H23N3O4/c1-20(2)12-13-21(14-16-6-4-3-5-7-16)19(23)15-26-18-10-8-17(9-11-18)22(24)25/h3-11H,12-15H2,1-2H3. The first-order valence-electron chi connectivity index (χ1n) is 8.29. The number of nitro benzene ring substituents is 1. The molecule has 1 amide bonds. The van der Waals surface area contributed by atoms with Crippen LogP contribution in [0.15, 0.2) is 54.6 Å². The summed E-state index contributed by atoms with van der Waals surface area (Å²) in [5.74, 6) is 0.297. The Morgan fingerprint density at radius 1 is 1.04 bits per heavy atom. The first kappa shape index (κ1) is 19.4. The molecule has 0 N–H and O–H groups in total. The molecule has 7 nitrogen and oxygen atoms in total. The van der Waals surface area contributed by atoms with Crippen molar-refractivity contribution in [2.75, 3.05) is 33.8 Å². The Bertz CT molecular complexity index is 717. The Labute approximate surface area is 152 Å². The van der Waals surface area contributed by atoms with E-state index in [9.17, 15) is 14.9 Å². The quantitative estimate of drug-likeness (QED) is 0.509. The van der Waals surface area contributed by atoms with Gasteiger partial charge < -0.3 is 14.5 Å². The fraction of sp³-hybridized carbons (Fsp3) is 0.316. The van der Waals surface area contributed by atoms with Crippen molar-refractivity contribution in [2.24, 2.45) is 0 Å². The van der Waals surface area contributed by atoms with Crippen LogP contribution in [0.3, 0.4) is 0 Å². The van der Waals surface area contributed by atoms with Gasteiger partial charge in [-0.2, -0.15) is 0 Å². The molecule has 2 aromatic rings.